The molecule has 0 radical (unpaired) electrons. The molecule has 0 unspecified atom stereocenters. The molecule has 0 saturated carbocycles. The zero-order valence-electron chi connectivity index (χ0n) is 11.6. The van der Waals surface area contributed by atoms with E-state index < -0.39 is 10.9 Å². The summed E-state index contributed by atoms with van der Waals surface area (Å²) in [5, 5.41) is 22.8. The summed E-state index contributed by atoms with van der Waals surface area (Å²) in [6.07, 6.45) is 0. The molecule has 22 heavy (non-hydrogen) atoms. The van der Waals surface area contributed by atoms with E-state index in [1.807, 2.05) is 6.07 Å². The molecule has 0 spiro atoms. The summed E-state index contributed by atoms with van der Waals surface area (Å²) in [6.45, 7) is 0. The fourth-order valence-corrected chi connectivity index (χ4v) is 1.81. The molecule has 0 heterocycles. The maximum atomic E-state index is 11.3. The van der Waals surface area contributed by atoms with E-state index in [1.165, 1.54) is 25.3 Å². The third-order valence-electron chi connectivity index (χ3n) is 2.92. The number of nitro groups is 1. The van der Waals surface area contributed by atoms with Crippen molar-refractivity contribution in [2.24, 2.45) is 0 Å². The minimum atomic E-state index is -0.560. The lowest BCUT2D eigenvalue weighted by molar-refractivity contribution is -0.384. The van der Waals surface area contributed by atoms with E-state index in [0.29, 0.717) is 16.9 Å². The van der Waals surface area contributed by atoms with E-state index in [1.54, 1.807) is 24.3 Å². The third kappa shape index (κ3) is 3.19. The van der Waals surface area contributed by atoms with E-state index in [4.69, 9.17) is 5.26 Å². The lowest BCUT2D eigenvalue weighted by Gasteiger charge is -2.08. The van der Waals surface area contributed by atoms with Crippen LogP contribution in [0.5, 0.6) is 0 Å². The number of nitriles is 1. The van der Waals surface area contributed by atoms with Crippen LogP contribution in [0.3, 0.4) is 0 Å². The summed E-state index contributed by atoms with van der Waals surface area (Å²) in [5.74, 6) is -0.445. The fourth-order valence-electron chi connectivity index (χ4n) is 1.81. The third-order valence-corrected chi connectivity index (χ3v) is 2.92. The largest absolute Gasteiger partial charge is 0.465 e. The Hall–Kier alpha value is -3.40. The van der Waals surface area contributed by atoms with Gasteiger partial charge in [0.1, 0.15) is 6.07 Å². The van der Waals surface area contributed by atoms with Crippen LogP contribution >= 0.6 is 0 Å². The summed E-state index contributed by atoms with van der Waals surface area (Å²) in [6, 6.07) is 12.3. The highest BCUT2D eigenvalue weighted by Gasteiger charge is 2.11. The highest BCUT2D eigenvalue weighted by atomic mass is 16.6. The molecular formula is C15H11N3O4. The highest BCUT2D eigenvalue weighted by Crippen LogP contribution is 2.25. The first-order chi connectivity index (χ1) is 10.5. The number of esters is 1. The van der Waals surface area contributed by atoms with Gasteiger partial charge in [-0.25, -0.2) is 4.79 Å². The van der Waals surface area contributed by atoms with E-state index in [2.05, 4.69) is 10.1 Å². The fraction of sp³-hybridized carbons (Fsp3) is 0.0667. The Morgan fingerprint density at radius 2 is 1.95 bits per heavy atom. The Labute approximate surface area is 125 Å². The van der Waals surface area contributed by atoms with Crippen LogP contribution < -0.4 is 5.32 Å². The van der Waals surface area contributed by atoms with Crippen molar-refractivity contribution in [3.05, 3.63) is 63.7 Å². The molecule has 7 heteroatoms. The molecule has 0 aliphatic rings. The Bertz CT molecular complexity index is 763. The average molecular weight is 297 g/mol. The summed E-state index contributed by atoms with van der Waals surface area (Å²) >= 11 is 0. The first kappa shape index (κ1) is 15.0. The van der Waals surface area contributed by atoms with E-state index in [0.717, 1.165) is 0 Å². The van der Waals surface area contributed by atoms with Gasteiger partial charge in [-0.2, -0.15) is 5.26 Å². The Morgan fingerprint density at radius 3 is 2.50 bits per heavy atom. The molecule has 2 aromatic carbocycles. The molecule has 0 amide bonds. The summed E-state index contributed by atoms with van der Waals surface area (Å²) < 4.78 is 4.60. The van der Waals surface area contributed by atoms with Gasteiger partial charge in [-0.3, -0.25) is 10.1 Å². The van der Waals surface area contributed by atoms with Crippen molar-refractivity contribution in [1.29, 1.82) is 5.26 Å². The van der Waals surface area contributed by atoms with Crippen LogP contribution in [-0.4, -0.2) is 18.0 Å². The van der Waals surface area contributed by atoms with Crippen molar-refractivity contribution in [2.75, 3.05) is 12.4 Å². The van der Waals surface area contributed by atoms with Crippen molar-refractivity contribution in [1.82, 2.24) is 0 Å². The molecule has 0 saturated heterocycles. The maximum absolute atomic E-state index is 11.3. The zero-order valence-corrected chi connectivity index (χ0v) is 11.6. The Balaban J connectivity index is 2.25. The molecule has 0 atom stereocenters. The molecule has 0 aliphatic heterocycles. The number of benzene rings is 2. The van der Waals surface area contributed by atoms with Gasteiger partial charge in [0.05, 0.1) is 28.8 Å². The number of hydrogen-bond donors (Lipinski definition) is 1. The Kier molecular flexibility index (Phi) is 4.34. The van der Waals surface area contributed by atoms with Crippen molar-refractivity contribution >= 4 is 23.0 Å². The van der Waals surface area contributed by atoms with Crippen LogP contribution in [0.4, 0.5) is 17.1 Å². The number of nitro benzene ring substituents is 1. The number of methoxy groups -OCH3 is 1. The normalized spacial score (nSPS) is 9.64. The van der Waals surface area contributed by atoms with Gasteiger partial charge in [0.15, 0.2) is 0 Å². The van der Waals surface area contributed by atoms with Gasteiger partial charge in [0.25, 0.3) is 5.69 Å². The van der Waals surface area contributed by atoms with Gasteiger partial charge in [0.2, 0.25) is 0 Å². The number of rotatable bonds is 4. The molecule has 2 aromatic rings. The zero-order chi connectivity index (χ0) is 16.1. The summed E-state index contributed by atoms with van der Waals surface area (Å²) in [7, 11) is 1.30. The van der Waals surface area contributed by atoms with Crippen molar-refractivity contribution in [3.63, 3.8) is 0 Å². The first-order valence-corrected chi connectivity index (χ1v) is 6.19. The number of carbonyl (C=O) groups excluding carboxylic acids is 1. The molecule has 0 aliphatic carbocycles. The van der Waals surface area contributed by atoms with E-state index in [9.17, 15) is 14.9 Å². The van der Waals surface area contributed by atoms with Gasteiger partial charge in [0, 0.05) is 17.8 Å². The number of anilines is 2. The van der Waals surface area contributed by atoms with Crippen LogP contribution in [0.15, 0.2) is 42.5 Å². The van der Waals surface area contributed by atoms with Gasteiger partial charge in [-0.05, 0) is 30.3 Å². The van der Waals surface area contributed by atoms with Crippen LogP contribution in [0.25, 0.3) is 0 Å². The van der Waals surface area contributed by atoms with E-state index in [-0.39, 0.29) is 11.3 Å². The lowest BCUT2D eigenvalue weighted by Crippen LogP contribution is -2.01. The second kappa shape index (κ2) is 6.37. The molecule has 0 fully saturated rings. The van der Waals surface area contributed by atoms with Crippen LogP contribution in [0.2, 0.25) is 0 Å². The van der Waals surface area contributed by atoms with Crippen LogP contribution in [0, 0.1) is 21.4 Å². The monoisotopic (exact) mass is 297 g/mol. The van der Waals surface area contributed by atoms with Crippen molar-refractivity contribution < 1.29 is 14.5 Å². The number of nitrogens with zero attached hydrogens (tertiary/aromatic N) is 2. The minimum Gasteiger partial charge on any atom is -0.465 e. The maximum Gasteiger partial charge on any atom is 0.337 e. The minimum absolute atomic E-state index is 0.150. The van der Waals surface area contributed by atoms with Crippen molar-refractivity contribution in [3.8, 4) is 6.07 Å². The number of ether oxygens (including phenoxy) is 1. The lowest BCUT2D eigenvalue weighted by atomic mass is 10.1. The number of carbonyl (C=O) groups is 1. The topological polar surface area (TPSA) is 105 Å². The van der Waals surface area contributed by atoms with Gasteiger partial charge < -0.3 is 10.1 Å². The second-order valence-corrected chi connectivity index (χ2v) is 4.29. The molecule has 2 rings (SSSR count). The second-order valence-electron chi connectivity index (χ2n) is 4.29. The molecule has 7 nitrogen and oxygen atoms in total. The van der Waals surface area contributed by atoms with Gasteiger partial charge in [-0.1, -0.05) is 0 Å². The molecule has 0 aromatic heterocycles. The average Bonchev–Trinajstić information content (AvgIpc) is 2.55. The highest BCUT2D eigenvalue weighted by molar-refractivity contribution is 5.89. The Morgan fingerprint density at radius 1 is 1.27 bits per heavy atom. The number of non-ortho nitro benzene ring substituents is 1. The number of nitrogens with one attached hydrogen (secondary N) is 1. The predicted molar refractivity (Wildman–Crippen MR) is 78.9 cm³/mol. The van der Waals surface area contributed by atoms with Crippen molar-refractivity contribution in [2.45, 2.75) is 0 Å². The predicted octanol–water partition coefficient (Wildman–Crippen LogP) is 3.00. The quantitative estimate of drug-likeness (QED) is 0.528. The number of hydrogen-bond acceptors (Lipinski definition) is 6. The molecule has 1 N–H and O–H groups in total. The van der Waals surface area contributed by atoms with Gasteiger partial charge in [-0.15, -0.1) is 0 Å². The molecule has 110 valence electrons. The summed E-state index contributed by atoms with van der Waals surface area (Å²) in [5.41, 5.74) is 1.49. The van der Waals surface area contributed by atoms with E-state index >= 15 is 0 Å². The molecular weight excluding hydrogens is 286 g/mol. The molecule has 0 bridgehead atoms. The first-order valence-electron chi connectivity index (χ1n) is 6.19. The standard InChI is InChI=1S/C15H11N3O4/c1-22-15(19)10-2-4-12(5-3-10)17-14-7-6-13(18(20)21)8-11(14)9-16/h2-8,17H,1H3. The summed E-state index contributed by atoms with van der Waals surface area (Å²) in [4.78, 5) is 21.5. The van der Waals surface area contributed by atoms with Gasteiger partial charge >= 0.3 is 5.97 Å². The SMILES string of the molecule is COC(=O)c1ccc(Nc2ccc([N+](=O)[O-])cc2C#N)cc1. The smallest absolute Gasteiger partial charge is 0.337 e. The van der Waals surface area contributed by atoms with Crippen LogP contribution in [-0.2, 0) is 4.74 Å². The van der Waals surface area contributed by atoms with Crippen LogP contribution in [0.1, 0.15) is 15.9 Å².